The molecule has 2 rings (SSSR count). The van der Waals surface area contributed by atoms with Crippen LogP contribution in [0.3, 0.4) is 0 Å². The van der Waals surface area contributed by atoms with E-state index in [1.807, 2.05) is 0 Å². The SMILES string of the molecule is Cc1nc(S(=O)(=O)N2CCCC(CO)C2)cn1C. The molecule has 0 saturated carbocycles. The van der Waals surface area contributed by atoms with Crippen molar-refractivity contribution in [2.24, 2.45) is 13.0 Å². The van der Waals surface area contributed by atoms with Crippen molar-refractivity contribution in [1.29, 1.82) is 0 Å². The number of imidazole rings is 1. The minimum Gasteiger partial charge on any atom is -0.396 e. The molecule has 1 fully saturated rings. The molecule has 0 bridgehead atoms. The van der Waals surface area contributed by atoms with Crippen molar-refractivity contribution in [3.63, 3.8) is 0 Å². The number of sulfonamides is 1. The number of aliphatic hydroxyl groups excluding tert-OH is 1. The molecular weight excluding hydrogens is 254 g/mol. The van der Waals surface area contributed by atoms with Crippen LogP contribution in [-0.4, -0.2) is 47.1 Å². The number of rotatable bonds is 3. The van der Waals surface area contributed by atoms with Crippen molar-refractivity contribution in [1.82, 2.24) is 13.9 Å². The monoisotopic (exact) mass is 273 g/mol. The predicted molar refractivity (Wildman–Crippen MR) is 66.5 cm³/mol. The largest absolute Gasteiger partial charge is 0.396 e. The summed E-state index contributed by atoms with van der Waals surface area (Å²) in [5.74, 6) is 0.711. The van der Waals surface area contributed by atoms with E-state index in [1.54, 1.807) is 18.5 Å². The molecule has 0 amide bonds. The lowest BCUT2D eigenvalue weighted by Gasteiger charge is -2.30. The number of hydrogen-bond donors (Lipinski definition) is 1. The summed E-state index contributed by atoms with van der Waals surface area (Å²) in [6, 6.07) is 0. The molecule has 18 heavy (non-hydrogen) atoms. The van der Waals surface area contributed by atoms with Gasteiger partial charge in [0.2, 0.25) is 0 Å². The topological polar surface area (TPSA) is 75.4 Å². The van der Waals surface area contributed by atoms with Gasteiger partial charge in [-0.25, -0.2) is 13.4 Å². The van der Waals surface area contributed by atoms with E-state index >= 15 is 0 Å². The molecule has 1 atom stereocenters. The van der Waals surface area contributed by atoms with Crippen molar-refractivity contribution in [3.05, 3.63) is 12.0 Å². The van der Waals surface area contributed by atoms with Crippen molar-refractivity contribution >= 4 is 10.0 Å². The Labute approximate surface area is 107 Å². The second-order valence-electron chi connectivity index (χ2n) is 4.79. The fourth-order valence-corrected chi connectivity index (χ4v) is 3.76. The summed E-state index contributed by atoms with van der Waals surface area (Å²) in [6.45, 7) is 2.70. The van der Waals surface area contributed by atoms with E-state index in [0.717, 1.165) is 12.8 Å². The molecule has 0 radical (unpaired) electrons. The second kappa shape index (κ2) is 4.99. The molecule has 1 saturated heterocycles. The summed E-state index contributed by atoms with van der Waals surface area (Å²) in [4.78, 5) is 4.08. The number of aryl methyl sites for hydroxylation is 2. The molecule has 0 aliphatic carbocycles. The third kappa shape index (κ3) is 2.43. The van der Waals surface area contributed by atoms with Crippen molar-refractivity contribution < 1.29 is 13.5 Å². The number of piperidine rings is 1. The molecule has 1 aliphatic heterocycles. The lowest BCUT2D eigenvalue weighted by molar-refractivity contribution is 0.165. The van der Waals surface area contributed by atoms with Gasteiger partial charge in [-0.2, -0.15) is 4.31 Å². The van der Waals surface area contributed by atoms with Crippen LogP contribution in [0.15, 0.2) is 11.2 Å². The normalized spacial score (nSPS) is 22.3. The van der Waals surface area contributed by atoms with E-state index < -0.39 is 10.0 Å². The van der Waals surface area contributed by atoms with Crippen LogP contribution >= 0.6 is 0 Å². The quantitative estimate of drug-likeness (QED) is 0.849. The molecule has 1 N–H and O–H groups in total. The Kier molecular flexibility index (Phi) is 3.74. The first-order valence-electron chi connectivity index (χ1n) is 6.06. The van der Waals surface area contributed by atoms with Crippen LogP contribution in [0.5, 0.6) is 0 Å². The molecule has 102 valence electrons. The van der Waals surface area contributed by atoms with E-state index in [-0.39, 0.29) is 17.6 Å². The van der Waals surface area contributed by atoms with Gasteiger partial charge < -0.3 is 9.67 Å². The summed E-state index contributed by atoms with van der Waals surface area (Å²) in [6.07, 6.45) is 3.20. The second-order valence-corrected chi connectivity index (χ2v) is 6.68. The van der Waals surface area contributed by atoms with Gasteiger partial charge in [0, 0.05) is 32.9 Å². The smallest absolute Gasteiger partial charge is 0.262 e. The summed E-state index contributed by atoms with van der Waals surface area (Å²) in [5, 5.41) is 9.25. The molecule has 1 unspecified atom stereocenters. The molecule has 0 spiro atoms. The Balaban J connectivity index is 2.25. The molecule has 6 nitrogen and oxygen atoms in total. The Hall–Kier alpha value is -0.920. The van der Waals surface area contributed by atoms with Crippen LogP contribution in [0.1, 0.15) is 18.7 Å². The summed E-state index contributed by atoms with van der Waals surface area (Å²) in [5.41, 5.74) is 0. The van der Waals surface area contributed by atoms with Crippen LogP contribution in [0.4, 0.5) is 0 Å². The van der Waals surface area contributed by atoms with E-state index in [0.29, 0.717) is 18.9 Å². The van der Waals surface area contributed by atoms with E-state index in [9.17, 15) is 8.42 Å². The van der Waals surface area contributed by atoms with Gasteiger partial charge in [-0.3, -0.25) is 0 Å². The van der Waals surface area contributed by atoms with Crippen LogP contribution in [0.25, 0.3) is 0 Å². The van der Waals surface area contributed by atoms with Gasteiger partial charge in [0.1, 0.15) is 5.82 Å². The average Bonchev–Trinajstić information content (AvgIpc) is 2.70. The fourth-order valence-electron chi connectivity index (χ4n) is 2.18. The van der Waals surface area contributed by atoms with Gasteiger partial charge in [0.25, 0.3) is 10.0 Å². The van der Waals surface area contributed by atoms with Crippen LogP contribution in [0.2, 0.25) is 0 Å². The van der Waals surface area contributed by atoms with Crippen molar-refractivity contribution in [3.8, 4) is 0 Å². The summed E-state index contributed by atoms with van der Waals surface area (Å²) < 4.78 is 27.9. The number of hydrogen-bond acceptors (Lipinski definition) is 4. The van der Waals surface area contributed by atoms with E-state index in [2.05, 4.69) is 4.98 Å². The highest BCUT2D eigenvalue weighted by molar-refractivity contribution is 7.89. The average molecular weight is 273 g/mol. The van der Waals surface area contributed by atoms with Crippen LogP contribution in [-0.2, 0) is 17.1 Å². The lowest BCUT2D eigenvalue weighted by Crippen LogP contribution is -2.41. The standard InChI is InChI=1S/C11H19N3O3S/c1-9-12-11(7-13(9)2)18(16,17)14-5-3-4-10(6-14)8-15/h7,10,15H,3-6,8H2,1-2H3. The highest BCUT2D eigenvalue weighted by Gasteiger charge is 2.31. The highest BCUT2D eigenvalue weighted by atomic mass is 32.2. The maximum Gasteiger partial charge on any atom is 0.262 e. The zero-order valence-electron chi connectivity index (χ0n) is 10.7. The Morgan fingerprint density at radius 2 is 2.28 bits per heavy atom. The molecule has 2 heterocycles. The van der Waals surface area contributed by atoms with Gasteiger partial charge in [-0.1, -0.05) is 0 Å². The molecule has 1 aromatic heterocycles. The van der Waals surface area contributed by atoms with Gasteiger partial charge in [-0.15, -0.1) is 0 Å². The van der Waals surface area contributed by atoms with E-state index in [1.165, 1.54) is 10.5 Å². The zero-order chi connectivity index (χ0) is 13.3. The highest BCUT2D eigenvalue weighted by Crippen LogP contribution is 2.22. The summed E-state index contributed by atoms with van der Waals surface area (Å²) in [7, 11) is -1.74. The van der Waals surface area contributed by atoms with Crippen molar-refractivity contribution in [2.45, 2.75) is 24.8 Å². The van der Waals surface area contributed by atoms with E-state index in [4.69, 9.17) is 5.11 Å². The maximum absolute atomic E-state index is 12.4. The minimum absolute atomic E-state index is 0.0350. The Morgan fingerprint density at radius 1 is 1.56 bits per heavy atom. The predicted octanol–water partition coefficient (Wildman–Crippen LogP) is 0.122. The molecule has 7 heteroatoms. The first kappa shape index (κ1) is 13.5. The van der Waals surface area contributed by atoms with Crippen LogP contribution in [0, 0.1) is 12.8 Å². The molecule has 1 aliphatic rings. The lowest BCUT2D eigenvalue weighted by atomic mass is 10.0. The third-order valence-corrected chi connectivity index (χ3v) is 5.17. The molecule has 1 aromatic rings. The van der Waals surface area contributed by atoms with Crippen molar-refractivity contribution in [2.75, 3.05) is 19.7 Å². The first-order valence-corrected chi connectivity index (χ1v) is 7.50. The number of aliphatic hydroxyl groups is 1. The van der Waals surface area contributed by atoms with Gasteiger partial charge in [0.05, 0.1) is 0 Å². The van der Waals surface area contributed by atoms with Gasteiger partial charge in [-0.05, 0) is 25.7 Å². The molecular formula is C11H19N3O3S. The molecule has 0 aromatic carbocycles. The first-order chi connectivity index (χ1) is 8.45. The Morgan fingerprint density at radius 3 is 2.83 bits per heavy atom. The number of aromatic nitrogens is 2. The maximum atomic E-state index is 12.4. The number of nitrogens with zero attached hydrogens (tertiary/aromatic N) is 3. The minimum atomic E-state index is -3.52. The Bertz CT molecular complexity index is 504. The fraction of sp³-hybridized carbons (Fsp3) is 0.727. The van der Waals surface area contributed by atoms with Gasteiger partial charge >= 0.3 is 0 Å². The zero-order valence-corrected chi connectivity index (χ0v) is 11.5. The summed E-state index contributed by atoms with van der Waals surface area (Å²) >= 11 is 0. The third-order valence-electron chi connectivity index (χ3n) is 3.43. The van der Waals surface area contributed by atoms with Crippen LogP contribution < -0.4 is 0 Å². The van der Waals surface area contributed by atoms with Gasteiger partial charge in [0.15, 0.2) is 5.03 Å².